The van der Waals surface area contributed by atoms with Gasteiger partial charge in [0.05, 0.1) is 12.1 Å². The van der Waals surface area contributed by atoms with Crippen molar-refractivity contribution in [1.82, 2.24) is 10.6 Å². The minimum atomic E-state index is -1.45. The quantitative estimate of drug-likeness (QED) is 0.314. The number of amides is 2. The number of rotatable bonds is 12. The molecule has 5 unspecified atom stereocenters. The number of aliphatic hydroxyl groups excluding tert-OH is 2. The van der Waals surface area contributed by atoms with Gasteiger partial charge < -0.3 is 26.0 Å². The summed E-state index contributed by atoms with van der Waals surface area (Å²) in [4.78, 5) is 36.4. The maximum atomic E-state index is 13.0. The maximum absolute atomic E-state index is 13.0. The second-order valence-electron chi connectivity index (χ2n) is 9.37. The Morgan fingerprint density at radius 1 is 0.800 bits per heavy atom. The number of aliphatic hydroxyl groups is 2. The molecule has 0 spiro atoms. The number of hydrogen-bond acceptors (Lipinski definition) is 5. The Labute approximate surface area is 206 Å². The van der Waals surface area contributed by atoms with Crippen molar-refractivity contribution in [3.8, 4) is 11.1 Å². The number of aliphatic carboxylic acids is 1. The van der Waals surface area contributed by atoms with E-state index in [-0.39, 0.29) is 12.3 Å². The zero-order chi connectivity index (χ0) is 26.1. The molecule has 2 rings (SSSR count). The molecule has 2 aromatic carbocycles. The molecule has 8 nitrogen and oxygen atoms in total. The first-order valence-corrected chi connectivity index (χ1v) is 11.8. The van der Waals surface area contributed by atoms with Gasteiger partial charge in [-0.3, -0.25) is 14.4 Å². The van der Waals surface area contributed by atoms with E-state index in [0.717, 1.165) is 11.1 Å². The van der Waals surface area contributed by atoms with Crippen molar-refractivity contribution in [2.24, 2.45) is 11.8 Å². The lowest BCUT2D eigenvalue weighted by Crippen LogP contribution is -2.48. The van der Waals surface area contributed by atoms with E-state index in [2.05, 4.69) is 10.6 Å². The highest BCUT2D eigenvalue weighted by Crippen LogP contribution is 2.28. The number of nitrogens with one attached hydrogen (secondary N) is 2. The fourth-order valence-electron chi connectivity index (χ4n) is 3.89. The molecule has 5 atom stereocenters. The lowest BCUT2D eigenvalue weighted by Gasteiger charge is -2.29. The van der Waals surface area contributed by atoms with Gasteiger partial charge in [-0.1, -0.05) is 75.4 Å². The fourth-order valence-corrected chi connectivity index (χ4v) is 3.89. The molecule has 2 aromatic rings. The summed E-state index contributed by atoms with van der Waals surface area (Å²) in [5, 5.41) is 35.9. The van der Waals surface area contributed by atoms with Crippen LogP contribution in [-0.4, -0.2) is 51.3 Å². The molecule has 5 N–H and O–H groups in total. The van der Waals surface area contributed by atoms with Gasteiger partial charge in [-0.15, -0.1) is 0 Å². The third-order valence-electron chi connectivity index (χ3n) is 5.88. The molecule has 190 valence electrons. The summed E-state index contributed by atoms with van der Waals surface area (Å²) in [6, 6.07) is 14.8. The van der Waals surface area contributed by atoms with Gasteiger partial charge in [0.2, 0.25) is 5.91 Å². The highest BCUT2D eigenvalue weighted by Gasteiger charge is 2.30. The predicted octanol–water partition coefficient (Wildman–Crippen LogP) is 2.89. The highest BCUT2D eigenvalue weighted by molar-refractivity contribution is 5.86. The maximum Gasteiger partial charge on any atom is 0.325 e. The monoisotopic (exact) mass is 484 g/mol. The molecular formula is C27H36N2O6. The van der Waals surface area contributed by atoms with Gasteiger partial charge in [-0.05, 0) is 42.4 Å². The number of carbonyl (C=O) groups excluding carboxylic acids is 2. The molecule has 0 bridgehead atoms. The summed E-state index contributed by atoms with van der Waals surface area (Å²) in [5.74, 6) is -2.84. The van der Waals surface area contributed by atoms with Crippen LogP contribution in [0.15, 0.2) is 54.6 Å². The Morgan fingerprint density at radius 2 is 1.40 bits per heavy atom. The highest BCUT2D eigenvalue weighted by atomic mass is 16.4. The topological polar surface area (TPSA) is 136 Å². The zero-order valence-electron chi connectivity index (χ0n) is 20.6. The first-order chi connectivity index (χ1) is 16.5. The third kappa shape index (κ3) is 8.19. The largest absolute Gasteiger partial charge is 0.480 e. The minimum absolute atomic E-state index is 0.0204. The molecule has 8 heteroatoms. The molecule has 0 fully saturated rings. The number of benzene rings is 2. The summed E-state index contributed by atoms with van der Waals surface area (Å²) in [7, 11) is 0. The van der Waals surface area contributed by atoms with E-state index in [1.165, 1.54) is 6.92 Å². The molecule has 0 saturated carbocycles. The second-order valence-corrected chi connectivity index (χ2v) is 9.37. The average Bonchev–Trinajstić information content (AvgIpc) is 2.83. The number of hydrogen-bond donors (Lipinski definition) is 5. The van der Waals surface area contributed by atoms with Crippen molar-refractivity contribution in [3.05, 3.63) is 60.2 Å². The van der Waals surface area contributed by atoms with Gasteiger partial charge in [-0.2, -0.15) is 0 Å². The SMILES string of the molecule is CC(C)CC(NC(=O)C(O)c1ccccc1-c1ccccc1)C(O)CC(C)C(=O)NC(C)C(=O)O. The van der Waals surface area contributed by atoms with Crippen molar-refractivity contribution < 1.29 is 29.7 Å². The van der Waals surface area contributed by atoms with Crippen molar-refractivity contribution in [1.29, 1.82) is 0 Å². The predicted molar refractivity (Wildman–Crippen MR) is 133 cm³/mol. The van der Waals surface area contributed by atoms with E-state index in [1.807, 2.05) is 56.3 Å². The lowest BCUT2D eigenvalue weighted by molar-refractivity contribution is -0.142. The van der Waals surface area contributed by atoms with E-state index in [9.17, 15) is 24.6 Å². The second kappa shape index (κ2) is 13.0. The smallest absolute Gasteiger partial charge is 0.325 e. The Kier molecular flexibility index (Phi) is 10.4. The van der Waals surface area contributed by atoms with Crippen LogP contribution < -0.4 is 10.6 Å². The zero-order valence-corrected chi connectivity index (χ0v) is 20.6. The summed E-state index contributed by atoms with van der Waals surface area (Å²) in [5.41, 5.74) is 2.04. The molecule has 0 aliphatic carbocycles. The number of carbonyl (C=O) groups is 3. The number of carboxylic acid groups (broad SMARTS) is 1. The molecule has 35 heavy (non-hydrogen) atoms. The van der Waals surface area contributed by atoms with Crippen LogP contribution in [0, 0.1) is 11.8 Å². The lowest BCUT2D eigenvalue weighted by atomic mass is 9.91. The Balaban J connectivity index is 2.14. The molecule has 0 aliphatic rings. The molecule has 0 radical (unpaired) electrons. The van der Waals surface area contributed by atoms with Gasteiger partial charge in [-0.25, -0.2) is 0 Å². The van der Waals surface area contributed by atoms with Crippen LogP contribution in [0.5, 0.6) is 0 Å². The van der Waals surface area contributed by atoms with Crippen LogP contribution in [-0.2, 0) is 14.4 Å². The van der Waals surface area contributed by atoms with Crippen molar-refractivity contribution in [2.75, 3.05) is 0 Å². The van der Waals surface area contributed by atoms with Crippen LogP contribution >= 0.6 is 0 Å². The van der Waals surface area contributed by atoms with Crippen molar-refractivity contribution in [2.45, 2.75) is 64.8 Å². The van der Waals surface area contributed by atoms with Crippen LogP contribution in [0.2, 0.25) is 0 Å². The summed E-state index contributed by atoms with van der Waals surface area (Å²) in [6.07, 6.45) is -2.07. The first kappa shape index (κ1) is 28.0. The molecule has 0 saturated heterocycles. The van der Waals surface area contributed by atoms with Crippen LogP contribution in [0.1, 0.15) is 52.2 Å². The van der Waals surface area contributed by atoms with Crippen molar-refractivity contribution in [3.63, 3.8) is 0 Å². The molecule has 0 heterocycles. The van der Waals surface area contributed by atoms with E-state index in [0.29, 0.717) is 12.0 Å². The average molecular weight is 485 g/mol. The molecule has 2 amide bonds. The summed E-state index contributed by atoms with van der Waals surface area (Å²) in [6.45, 7) is 6.83. The van der Waals surface area contributed by atoms with Crippen molar-refractivity contribution >= 4 is 17.8 Å². The Bertz CT molecular complexity index is 994. The van der Waals surface area contributed by atoms with Crippen LogP contribution in [0.25, 0.3) is 11.1 Å². The van der Waals surface area contributed by atoms with Gasteiger partial charge in [0.1, 0.15) is 6.04 Å². The van der Waals surface area contributed by atoms with Gasteiger partial charge in [0, 0.05) is 5.92 Å². The Hall–Kier alpha value is -3.23. The Morgan fingerprint density at radius 3 is 2.00 bits per heavy atom. The van der Waals surface area contributed by atoms with E-state index >= 15 is 0 Å². The third-order valence-corrected chi connectivity index (χ3v) is 5.88. The fraction of sp³-hybridized carbons (Fsp3) is 0.444. The molecule has 0 aliphatic heterocycles. The van der Waals surface area contributed by atoms with E-state index in [4.69, 9.17) is 5.11 Å². The van der Waals surface area contributed by atoms with E-state index < -0.39 is 48.0 Å². The van der Waals surface area contributed by atoms with Gasteiger partial charge >= 0.3 is 5.97 Å². The van der Waals surface area contributed by atoms with Crippen LogP contribution in [0.3, 0.4) is 0 Å². The first-order valence-electron chi connectivity index (χ1n) is 11.8. The van der Waals surface area contributed by atoms with Gasteiger partial charge in [0.15, 0.2) is 6.10 Å². The molecular weight excluding hydrogens is 448 g/mol. The standard InChI is InChI=1S/C27H36N2O6/c1-16(2)14-22(23(30)15-17(3)25(32)28-18(4)27(34)35)29-26(33)24(31)21-13-9-8-12-20(21)19-10-6-5-7-11-19/h5-13,16-18,22-24,30-31H,14-15H2,1-4H3,(H,28,32)(H,29,33)(H,34,35). The summed E-state index contributed by atoms with van der Waals surface area (Å²) >= 11 is 0. The summed E-state index contributed by atoms with van der Waals surface area (Å²) < 4.78 is 0. The van der Waals surface area contributed by atoms with Gasteiger partial charge in [0.25, 0.3) is 5.91 Å². The van der Waals surface area contributed by atoms with Crippen LogP contribution in [0.4, 0.5) is 0 Å². The molecule has 0 aromatic heterocycles. The normalized spacial score (nSPS) is 15.5. The van der Waals surface area contributed by atoms with E-state index in [1.54, 1.807) is 19.1 Å². The minimum Gasteiger partial charge on any atom is -0.480 e. The number of carboxylic acids is 1.